The zero-order valence-electron chi connectivity index (χ0n) is 19.6. The lowest BCUT2D eigenvalue weighted by atomic mass is 10.1. The summed E-state index contributed by atoms with van der Waals surface area (Å²) < 4.78 is 4.09. The lowest BCUT2D eigenvalue weighted by Crippen LogP contribution is -2.22. The fourth-order valence-electron chi connectivity index (χ4n) is 4.28. The van der Waals surface area contributed by atoms with Gasteiger partial charge in [0.2, 0.25) is 0 Å². The molecule has 0 amide bonds. The van der Waals surface area contributed by atoms with Crippen molar-refractivity contribution in [3.8, 4) is 5.82 Å². The van der Waals surface area contributed by atoms with Crippen LogP contribution < -0.4 is 5.56 Å². The zero-order chi connectivity index (χ0) is 25.4. The standard InChI is InChI=1S/C26H21BrN6O3/c1-3-6-25-30-22-11-9-17(27)13-20(22)26(34)32(25)29-15-21-16(2)31(23-8-5-4-7-19(21)23)24-12-10-18(14-28-24)33(35)36/h4-5,7-15H,3,6H2,1-2H3. The third kappa shape index (κ3) is 4.09. The Hall–Kier alpha value is -4.18. The highest BCUT2D eigenvalue weighted by Gasteiger charge is 2.17. The summed E-state index contributed by atoms with van der Waals surface area (Å²) in [6, 6.07) is 16.3. The van der Waals surface area contributed by atoms with E-state index in [1.165, 1.54) is 16.9 Å². The molecule has 0 aliphatic heterocycles. The molecule has 0 aliphatic rings. The topological polar surface area (TPSA) is 108 Å². The fourth-order valence-corrected chi connectivity index (χ4v) is 4.64. The Labute approximate surface area is 214 Å². The number of fused-ring (bicyclic) bond motifs is 2. The predicted octanol–water partition coefficient (Wildman–Crippen LogP) is 5.55. The minimum absolute atomic E-state index is 0.0760. The molecule has 5 rings (SSSR count). The van der Waals surface area contributed by atoms with Crippen LogP contribution in [0.25, 0.3) is 27.6 Å². The van der Waals surface area contributed by atoms with Gasteiger partial charge in [-0.25, -0.2) is 9.97 Å². The highest BCUT2D eigenvalue weighted by Crippen LogP contribution is 2.28. The Morgan fingerprint density at radius 2 is 1.94 bits per heavy atom. The molecule has 0 N–H and O–H groups in total. The third-order valence-corrected chi connectivity index (χ3v) is 6.48. The molecule has 0 unspecified atom stereocenters. The maximum Gasteiger partial charge on any atom is 0.287 e. The van der Waals surface area contributed by atoms with Crippen molar-refractivity contribution in [2.45, 2.75) is 26.7 Å². The summed E-state index contributed by atoms with van der Waals surface area (Å²) >= 11 is 3.43. The number of rotatable bonds is 6. The number of benzene rings is 2. The lowest BCUT2D eigenvalue weighted by Gasteiger charge is -2.09. The number of nitro groups is 1. The average Bonchev–Trinajstić information content (AvgIpc) is 3.15. The van der Waals surface area contributed by atoms with Crippen LogP contribution in [0, 0.1) is 17.0 Å². The molecule has 10 heteroatoms. The van der Waals surface area contributed by atoms with Crippen molar-refractivity contribution in [3.63, 3.8) is 0 Å². The predicted molar refractivity (Wildman–Crippen MR) is 143 cm³/mol. The molecule has 0 spiro atoms. The molecule has 0 atom stereocenters. The summed E-state index contributed by atoms with van der Waals surface area (Å²) in [7, 11) is 0. The van der Waals surface area contributed by atoms with E-state index in [0.29, 0.717) is 29.0 Å². The molecule has 5 aromatic rings. The van der Waals surface area contributed by atoms with Crippen molar-refractivity contribution in [2.24, 2.45) is 5.10 Å². The van der Waals surface area contributed by atoms with Gasteiger partial charge in [-0.05, 0) is 43.7 Å². The first kappa shape index (κ1) is 23.6. The van der Waals surface area contributed by atoms with Crippen LogP contribution in [-0.2, 0) is 6.42 Å². The number of nitrogens with zero attached hydrogens (tertiary/aromatic N) is 6. The molecule has 0 bridgehead atoms. The quantitative estimate of drug-likeness (QED) is 0.158. The van der Waals surface area contributed by atoms with Crippen molar-refractivity contribution < 1.29 is 4.92 Å². The number of aromatic nitrogens is 4. The van der Waals surface area contributed by atoms with Gasteiger partial charge in [-0.15, -0.1) is 0 Å². The average molecular weight is 545 g/mol. The number of aryl methyl sites for hydroxylation is 1. The van der Waals surface area contributed by atoms with Crippen LogP contribution in [0.15, 0.2) is 75.2 Å². The normalized spacial score (nSPS) is 11.6. The minimum atomic E-state index is -0.475. The summed E-state index contributed by atoms with van der Waals surface area (Å²) in [6.07, 6.45) is 4.33. The zero-order valence-corrected chi connectivity index (χ0v) is 21.1. The number of pyridine rings is 1. The largest absolute Gasteiger partial charge is 0.298 e. The molecule has 2 aromatic carbocycles. The molecule has 0 radical (unpaired) electrons. The number of hydrogen-bond acceptors (Lipinski definition) is 6. The third-order valence-electron chi connectivity index (χ3n) is 5.98. The Kier molecular flexibility index (Phi) is 6.19. The van der Waals surface area contributed by atoms with E-state index in [-0.39, 0.29) is 11.2 Å². The molecule has 0 saturated heterocycles. The Balaban J connectivity index is 1.68. The molecule has 0 fully saturated rings. The molecule has 0 saturated carbocycles. The van der Waals surface area contributed by atoms with E-state index in [1.54, 1.807) is 18.3 Å². The molecule has 36 heavy (non-hydrogen) atoms. The van der Waals surface area contributed by atoms with E-state index < -0.39 is 4.92 Å². The number of para-hydroxylation sites is 1. The van der Waals surface area contributed by atoms with Crippen LogP contribution in [0.2, 0.25) is 0 Å². The Morgan fingerprint density at radius 3 is 2.67 bits per heavy atom. The summed E-state index contributed by atoms with van der Waals surface area (Å²) in [5.74, 6) is 1.14. The maximum absolute atomic E-state index is 13.4. The highest BCUT2D eigenvalue weighted by molar-refractivity contribution is 9.10. The van der Waals surface area contributed by atoms with Gasteiger partial charge in [-0.3, -0.25) is 19.5 Å². The van der Waals surface area contributed by atoms with Crippen molar-refractivity contribution >= 4 is 49.6 Å². The Morgan fingerprint density at radius 1 is 1.14 bits per heavy atom. The summed E-state index contributed by atoms with van der Waals surface area (Å²) in [5.41, 5.74) is 2.85. The summed E-state index contributed by atoms with van der Waals surface area (Å²) in [6.45, 7) is 3.96. The lowest BCUT2D eigenvalue weighted by molar-refractivity contribution is -0.385. The van der Waals surface area contributed by atoms with Crippen LogP contribution in [0.3, 0.4) is 0 Å². The Bertz CT molecular complexity index is 1720. The van der Waals surface area contributed by atoms with Gasteiger partial charge in [0, 0.05) is 33.6 Å². The van der Waals surface area contributed by atoms with E-state index in [0.717, 1.165) is 33.1 Å². The van der Waals surface area contributed by atoms with E-state index in [9.17, 15) is 14.9 Å². The first-order chi connectivity index (χ1) is 17.4. The van der Waals surface area contributed by atoms with Crippen molar-refractivity contribution in [1.82, 2.24) is 19.2 Å². The van der Waals surface area contributed by atoms with E-state index in [1.807, 2.05) is 54.8 Å². The first-order valence-electron chi connectivity index (χ1n) is 11.4. The van der Waals surface area contributed by atoms with Gasteiger partial charge < -0.3 is 0 Å². The monoisotopic (exact) mass is 544 g/mol. The van der Waals surface area contributed by atoms with Crippen LogP contribution in [0.5, 0.6) is 0 Å². The molecular weight excluding hydrogens is 524 g/mol. The maximum atomic E-state index is 13.4. The van der Waals surface area contributed by atoms with E-state index in [4.69, 9.17) is 4.98 Å². The second kappa shape index (κ2) is 9.46. The molecule has 0 aliphatic carbocycles. The van der Waals surface area contributed by atoms with Crippen LogP contribution in [-0.4, -0.2) is 30.3 Å². The second-order valence-corrected chi connectivity index (χ2v) is 9.20. The SMILES string of the molecule is CCCc1nc2ccc(Br)cc2c(=O)n1N=Cc1c(C)n(-c2ccc([N+](=O)[O-])cn2)c2ccccc12. The molecule has 9 nitrogen and oxygen atoms in total. The van der Waals surface area contributed by atoms with Gasteiger partial charge in [0.25, 0.3) is 11.2 Å². The van der Waals surface area contributed by atoms with Gasteiger partial charge in [-0.2, -0.15) is 9.78 Å². The minimum Gasteiger partial charge on any atom is -0.298 e. The molecule has 3 heterocycles. The van der Waals surface area contributed by atoms with Gasteiger partial charge in [-0.1, -0.05) is 41.1 Å². The smallest absolute Gasteiger partial charge is 0.287 e. The molecular formula is C26H21BrN6O3. The van der Waals surface area contributed by atoms with Gasteiger partial charge in [0.15, 0.2) is 0 Å². The van der Waals surface area contributed by atoms with Crippen molar-refractivity contribution in [1.29, 1.82) is 0 Å². The number of hydrogen-bond donors (Lipinski definition) is 0. The van der Waals surface area contributed by atoms with Crippen LogP contribution in [0.4, 0.5) is 5.69 Å². The molecule has 3 aromatic heterocycles. The van der Waals surface area contributed by atoms with E-state index in [2.05, 4.69) is 26.0 Å². The molecule has 180 valence electrons. The van der Waals surface area contributed by atoms with Crippen molar-refractivity contribution in [2.75, 3.05) is 0 Å². The van der Waals surface area contributed by atoms with Gasteiger partial charge in [0.05, 0.1) is 27.6 Å². The summed E-state index contributed by atoms with van der Waals surface area (Å²) in [5, 5.41) is 17.1. The first-order valence-corrected chi connectivity index (χ1v) is 12.1. The summed E-state index contributed by atoms with van der Waals surface area (Å²) in [4.78, 5) is 33.0. The highest BCUT2D eigenvalue weighted by atomic mass is 79.9. The second-order valence-electron chi connectivity index (χ2n) is 8.28. The van der Waals surface area contributed by atoms with Crippen LogP contribution >= 0.6 is 15.9 Å². The van der Waals surface area contributed by atoms with Gasteiger partial charge >= 0.3 is 0 Å². The van der Waals surface area contributed by atoms with Crippen LogP contribution in [0.1, 0.15) is 30.4 Å². The van der Waals surface area contributed by atoms with Crippen molar-refractivity contribution in [3.05, 3.63) is 103 Å². The number of halogens is 1. The van der Waals surface area contributed by atoms with E-state index >= 15 is 0 Å². The fraction of sp³-hybridized carbons (Fsp3) is 0.154. The van der Waals surface area contributed by atoms with Gasteiger partial charge in [0.1, 0.15) is 17.8 Å².